The molecule has 0 spiro atoms. The molecule has 0 radical (unpaired) electrons. The van der Waals surface area contributed by atoms with Crippen LogP contribution in [0.25, 0.3) is 176 Å². The molecule has 3 heterocycles. The van der Waals surface area contributed by atoms with Gasteiger partial charge in [0.15, 0.2) is 0 Å². The van der Waals surface area contributed by atoms with Crippen molar-refractivity contribution < 1.29 is 23.3 Å². The third-order valence-electron chi connectivity index (χ3n) is 23.5. The van der Waals surface area contributed by atoms with E-state index in [1.807, 2.05) is 48.5 Å². The molecule has 20 aromatic carbocycles. The Labute approximate surface area is 733 Å². The molecule has 0 aliphatic heterocycles. The molecule has 0 saturated heterocycles. The van der Waals surface area contributed by atoms with Crippen molar-refractivity contribution in [3.63, 3.8) is 0 Å². The minimum absolute atomic E-state index is 0.377. The SMILES string of the molecule is Brc1ccc(N(c2ccc(Br)cc2)c2ccc(-c3ccccc3)cc2)cc1.OB(O)c1cccc2c1oc1c(-c3ccccc3)cc3ccccc3c12.c1ccc(-c2ccc(N(c3ccc(-c4cccc5c4oc4c(-c6ccccc6)cc6ccccc6c45)cc3)c3ccc(-c4cccc5c4oc4c(-c6ccccc6)cc6ccccc6c45)cc3)cc2)cc1. The molecule has 10 heteroatoms. The van der Waals surface area contributed by atoms with Crippen LogP contribution >= 0.6 is 31.9 Å². The van der Waals surface area contributed by atoms with Crippen LogP contribution in [-0.4, -0.2) is 17.2 Å². The van der Waals surface area contributed by atoms with Crippen LogP contribution in [0.1, 0.15) is 0 Å². The normalized spacial score (nSPS) is 11.4. The molecule has 0 unspecified atom stereocenters. The van der Waals surface area contributed by atoms with Crippen LogP contribution in [-0.2, 0) is 0 Å². The van der Waals surface area contributed by atoms with Crippen molar-refractivity contribution in [2.24, 2.45) is 0 Å². The Hall–Kier alpha value is -14.9. The van der Waals surface area contributed by atoms with Crippen LogP contribution in [0.3, 0.4) is 0 Å². The van der Waals surface area contributed by atoms with Gasteiger partial charge in [-0.25, -0.2) is 0 Å². The molecule has 0 fully saturated rings. The summed E-state index contributed by atoms with van der Waals surface area (Å²) < 4.78 is 22.4. The van der Waals surface area contributed by atoms with Crippen LogP contribution in [0.15, 0.2) is 465 Å². The maximum atomic E-state index is 9.74. The van der Waals surface area contributed by atoms with E-state index in [4.69, 9.17) is 13.3 Å². The van der Waals surface area contributed by atoms with Gasteiger partial charge in [0.2, 0.25) is 0 Å². The molecule has 0 aliphatic rings. The van der Waals surface area contributed by atoms with Crippen LogP contribution in [0.4, 0.5) is 34.1 Å². The summed E-state index contributed by atoms with van der Waals surface area (Å²) in [5, 5.41) is 32.9. The van der Waals surface area contributed by atoms with Gasteiger partial charge >= 0.3 is 7.12 Å². The van der Waals surface area contributed by atoms with Gasteiger partial charge in [-0.2, -0.15) is 0 Å². The molecule has 23 rings (SSSR count). The average molecular weight is 1720 g/mol. The standard InChI is InChI=1S/C68H43NO2.C24H17Br2N.C22H15BO3/c1-4-16-44(17-5-1)45-30-36-52(37-31-45)69(53-38-32-48(33-39-53)57-26-14-28-59-63-55-24-12-10-22-50(55)42-61(67(63)70-65(57)59)46-18-6-2-7-19-46)54-40-34-49(35-41-54)58-27-15-29-60-64-56-25-13-11-23-51(56)43-62(68(64)71-66(58)60)47-20-8-3-9-21-47;25-20-8-14-23(15-9-20)27(24-16-10-21(26)11-17-24)22-12-6-19(7-13-22)18-4-2-1-3-5-18;24-23(25)19-12-6-11-17-20-16-10-5-4-9-15(16)13-18(22(20)26-21(17)19)14-7-2-1-3-8-14/h1-43H;1-17H;1-13,24-25H. The van der Waals surface area contributed by atoms with E-state index in [0.717, 1.165) is 170 Å². The summed E-state index contributed by atoms with van der Waals surface area (Å²) in [6, 6.07) is 155. The minimum Gasteiger partial charge on any atom is -0.456 e. The lowest BCUT2D eigenvalue weighted by atomic mass is 9.79. The molecule has 0 bridgehead atoms. The third-order valence-corrected chi connectivity index (χ3v) is 24.6. The number of benzene rings is 20. The summed E-state index contributed by atoms with van der Waals surface area (Å²) in [5.74, 6) is 0. The molecule has 7 nitrogen and oxygen atoms in total. The Morgan fingerprint density at radius 2 is 0.427 bits per heavy atom. The molecule has 124 heavy (non-hydrogen) atoms. The fourth-order valence-electron chi connectivity index (χ4n) is 17.6. The predicted molar refractivity (Wildman–Crippen MR) is 526 cm³/mol. The van der Waals surface area contributed by atoms with Gasteiger partial charge in [0, 0.05) is 109 Å². The molecule has 0 saturated carbocycles. The molecule has 0 amide bonds. The first-order valence-corrected chi connectivity index (χ1v) is 43.0. The number of nitrogens with zero attached hydrogens (tertiary/aromatic N) is 2. The number of rotatable bonds is 14. The highest BCUT2D eigenvalue weighted by atomic mass is 79.9. The number of halogens is 2. The lowest BCUT2D eigenvalue weighted by molar-refractivity contribution is 0.425. The fraction of sp³-hybridized carbons (Fsp3) is 0. The average Bonchev–Trinajstić information content (AvgIpc) is 1.58. The first-order chi connectivity index (χ1) is 61.2. The summed E-state index contributed by atoms with van der Waals surface area (Å²) >= 11 is 7.05. The van der Waals surface area contributed by atoms with Gasteiger partial charge in [-0.1, -0.05) is 359 Å². The molecule has 23 aromatic rings. The van der Waals surface area contributed by atoms with Crippen molar-refractivity contribution >= 4 is 177 Å². The van der Waals surface area contributed by atoms with E-state index in [1.165, 1.54) is 43.8 Å². The fourth-order valence-corrected chi connectivity index (χ4v) is 18.2. The van der Waals surface area contributed by atoms with Crippen LogP contribution in [0.2, 0.25) is 0 Å². The predicted octanol–water partition coefficient (Wildman–Crippen LogP) is 32.0. The van der Waals surface area contributed by atoms with Crippen LogP contribution in [0, 0.1) is 0 Å². The van der Waals surface area contributed by atoms with E-state index in [0.29, 0.717) is 11.0 Å². The van der Waals surface area contributed by atoms with E-state index in [2.05, 4.69) is 430 Å². The number of hydrogen-bond acceptors (Lipinski definition) is 7. The number of hydrogen-bond donors (Lipinski definition) is 2. The summed E-state index contributed by atoms with van der Waals surface area (Å²) in [4.78, 5) is 4.59. The molecule has 3 aromatic heterocycles. The van der Waals surface area contributed by atoms with Crippen molar-refractivity contribution in [2.75, 3.05) is 9.80 Å². The van der Waals surface area contributed by atoms with Crippen molar-refractivity contribution in [1.82, 2.24) is 0 Å². The largest absolute Gasteiger partial charge is 0.492 e. The lowest BCUT2D eigenvalue weighted by Crippen LogP contribution is -2.29. The minimum atomic E-state index is -1.58. The van der Waals surface area contributed by atoms with Gasteiger partial charge in [0.1, 0.15) is 33.5 Å². The van der Waals surface area contributed by atoms with Gasteiger partial charge < -0.3 is 33.1 Å². The van der Waals surface area contributed by atoms with Gasteiger partial charge in [-0.05, 0) is 198 Å². The lowest BCUT2D eigenvalue weighted by Gasteiger charge is -2.26. The van der Waals surface area contributed by atoms with Crippen molar-refractivity contribution in [2.45, 2.75) is 0 Å². The van der Waals surface area contributed by atoms with E-state index in [-0.39, 0.29) is 0 Å². The topological polar surface area (TPSA) is 86.4 Å². The number of anilines is 6. The molecule has 0 atom stereocenters. The van der Waals surface area contributed by atoms with Gasteiger partial charge in [0.05, 0.1) is 0 Å². The van der Waals surface area contributed by atoms with Crippen LogP contribution < -0.4 is 15.3 Å². The quantitative estimate of drug-likeness (QED) is 0.105. The zero-order chi connectivity index (χ0) is 83.1. The zero-order valence-electron chi connectivity index (χ0n) is 67.0. The number of para-hydroxylation sites is 3. The Bertz CT molecular complexity index is 7560. The molecule has 588 valence electrons. The highest BCUT2D eigenvalue weighted by Crippen LogP contribution is 2.49. The molecular weight excluding hydrogens is 1650 g/mol. The van der Waals surface area contributed by atoms with E-state index < -0.39 is 7.12 Å². The second-order valence-corrected chi connectivity index (χ2v) is 32.8. The van der Waals surface area contributed by atoms with Gasteiger partial charge in [0.25, 0.3) is 0 Å². The summed E-state index contributed by atoms with van der Waals surface area (Å²) in [6.07, 6.45) is 0. The van der Waals surface area contributed by atoms with E-state index in [1.54, 1.807) is 6.07 Å². The van der Waals surface area contributed by atoms with Crippen LogP contribution in [0.5, 0.6) is 0 Å². The maximum Gasteiger partial charge on any atom is 0.492 e. The van der Waals surface area contributed by atoms with Gasteiger partial charge in [-0.15, -0.1) is 0 Å². The van der Waals surface area contributed by atoms with Crippen molar-refractivity contribution in [1.29, 1.82) is 0 Å². The van der Waals surface area contributed by atoms with Crippen molar-refractivity contribution in [3.8, 4) is 77.9 Å². The van der Waals surface area contributed by atoms with E-state index in [9.17, 15) is 10.0 Å². The summed E-state index contributed by atoms with van der Waals surface area (Å²) in [5.41, 5.74) is 27.3. The molecular formula is C114H75BBr2N2O5. The Balaban J connectivity index is 0.000000144. The Morgan fingerprint density at radius 3 is 0.742 bits per heavy atom. The van der Waals surface area contributed by atoms with Crippen molar-refractivity contribution in [3.05, 3.63) is 452 Å². The second-order valence-electron chi connectivity index (χ2n) is 31.0. The molecule has 0 aliphatic carbocycles. The van der Waals surface area contributed by atoms with E-state index >= 15 is 0 Å². The summed E-state index contributed by atoms with van der Waals surface area (Å²) in [7, 11) is -1.58. The zero-order valence-corrected chi connectivity index (χ0v) is 70.2. The Morgan fingerprint density at radius 1 is 0.194 bits per heavy atom. The Kier molecular flexibility index (Phi) is 20.5. The highest BCUT2D eigenvalue weighted by molar-refractivity contribution is 9.10. The maximum absolute atomic E-state index is 9.74. The number of furan rings is 3. The molecule has 2 N–H and O–H groups in total. The smallest absolute Gasteiger partial charge is 0.456 e. The number of fused-ring (bicyclic) bond motifs is 15. The monoisotopic (exact) mass is 1720 g/mol. The highest BCUT2D eigenvalue weighted by Gasteiger charge is 2.26. The third kappa shape index (κ3) is 14.5. The summed E-state index contributed by atoms with van der Waals surface area (Å²) in [6.45, 7) is 0. The second kappa shape index (κ2) is 33.3. The first-order valence-electron chi connectivity index (χ1n) is 41.4. The van der Waals surface area contributed by atoms with Gasteiger partial charge in [-0.3, -0.25) is 0 Å². The first kappa shape index (κ1) is 76.5.